The van der Waals surface area contributed by atoms with Gasteiger partial charge in [0.05, 0.1) is 5.69 Å². The van der Waals surface area contributed by atoms with Gasteiger partial charge < -0.3 is 10.2 Å². The molecule has 1 aromatic carbocycles. The minimum atomic E-state index is -0.646. The van der Waals surface area contributed by atoms with E-state index in [4.69, 9.17) is 0 Å². The Hall–Kier alpha value is -2.90. The van der Waals surface area contributed by atoms with Crippen molar-refractivity contribution in [2.24, 2.45) is 10.9 Å². The van der Waals surface area contributed by atoms with E-state index < -0.39 is 6.04 Å². The Labute approximate surface area is 171 Å². The normalized spacial score (nSPS) is 20.3. The predicted octanol–water partition coefficient (Wildman–Crippen LogP) is 1.48. The van der Waals surface area contributed by atoms with E-state index in [2.05, 4.69) is 15.7 Å². The van der Waals surface area contributed by atoms with Crippen LogP contribution < -0.4 is 15.8 Å². The van der Waals surface area contributed by atoms with Crippen LogP contribution in [0.4, 0.5) is 5.69 Å². The predicted molar refractivity (Wildman–Crippen MR) is 111 cm³/mol. The smallest absolute Gasteiger partial charge is 0.288 e. The van der Waals surface area contributed by atoms with Crippen LogP contribution >= 0.6 is 0 Å². The molecule has 0 aliphatic carbocycles. The van der Waals surface area contributed by atoms with Crippen LogP contribution in [0.2, 0.25) is 0 Å². The highest BCUT2D eigenvalue weighted by atomic mass is 16.2. The lowest BCUT2D eigenvalue weighted by molar-refractivity contribution is -0.133. The first-order valence-electron chi connectivity index (χ1n) is 10.2. The van der Waals surface area contributed by atoms with Crippen molar-refractivity contribution in [2.45, 2.75) is 52.1 Å². The third kappa shape index (κ3) is 5.13. The number of carbonyl (C=O) groups is 3. The molecule has 2 N–H and O–H groups in total. The topological polar surface area (TPSA) is 94.1 Å². The number of hydrogen-bond donors (Lipinski definition) is 2. The number of nitrogens with one attached hydrogen (secondary N) is 2. The molecule has 3 rings (SSSR count). The van der Waals surface area contributed by atoms with Gasteiger partial charge in [0.1, 0.15) is 6.04 Å². The third-order valence-electron chi connectivity index (χ3n) is 5.11. The Morgan fingerprint density at radius 2 is 1.86 bits per heavy atom. The molecule has 3 amide bonds. The molecule has 1 saturated heterocycles. The molecule has 0 saturated carbocycles. The summed E-state index contributed by atoms with van der Waals surface area (Å²) in [4.78, 5) is 43.5. The minimum absolute atomic E-state index is 0.0202. The fourth-order valence-corrected chi connectivity index (χ4v) is 3.51. The lowest BCUT2D eigenvalue weighted by Crippen LogP contribution is -2.59. The van der Waals surface area contributed by atoms with Crippen molar-refractivity contribution in [3.63, 3.8) is 0 Å². The van der Waals surface area contributed by atoms with Crippen LogP contribution in [0.1, 0.15) is 40.0 Å². The van der Waals surface area contributed by atoms with Crippen LogP contribution in [0.15, 0.2) is 35.3 Å². The number of carbonyl (C=O) groups excluding carboxylic acids is 3. The number of amides is 3. The van der Waals surface area contributed by atoms with Crippen molar-refractivity contribution >= 4 is 29.2 Å². The number of amidine groups is 1. The minimum Gasteiger partial charge on any atom is -0.346 e. The molecule has 156 valence electrons. The van der Waals surface area contributed by atoms with E-state index in [-0.39, 0.29) is 29.6 Å². The van der Waals surface area contributed by atoms with Gasteiger partial charge in [0.2, 0.25) is 11.7 Å². The Morgan fingerprint density at radius 1 is 1.21 bits per heavy atom. The molecule has 8 nitrogen and oxygen atoms in total. The number of aliphatic imine (C=N–C) groups is 1. The summed E-state index contributed by atoms with van der Waals surface area (Å²) in [6.45, 7) is 7.02. The standard InChI is InChI=1S/C21H29N5O3/c1-14(2)13-18(27)25-11-9-16(10-12-25)23-20(28)19-22-15(3)21(29)26(24-19)17-7-5-4-6-8-17/h4-8,14-16H,9-13H2,1-3H3,(H,22,24)(H,23,28). The second-order valence-electron chi connectivity index (χ2n) is 8.00. The van der Waals surface area contributed by atoms with Crippen LogP contribution in [-0.4, -0.2) is 53.6 Å². The monoisotopic (exact) mass is 399 g/mol. The van der Waals surface area contributed by atoms with E-state index in [1.165, 1.54) is 5.01 Å². The van der Waals surface area contributed by atoms with Gasteiger partial charge in [0, 0.05) is 25.6 Å². The van der Waals surface area contributed by atoms with Gasteiger partial charge in [-0.2, -0.15) is 0 Å². The maximum atomic E-state index is 12.7. The Kier molecular flexibility index (Phi) is 6.51. The van der Waals surface area contributed by atoms with Crippen molar-refractivity contribution in [3.05, 3.63) is 30.3 Å². The maximum Gasteiger partial charge on any atom is 0.288 e. The van der Waals surface area contributed by atoms with Crippen LogP contribution in [0.25, 0.3) is 0 Å². The van der Waals surface area contributed by atoms with E-state index in [1.54, 1.807) is 19.1 Å². The summed E-state index contributed by atoms with van der Waals surface area (Å²) in [6, 6.07) is 8.44. The Morgan fingerprint density at radius 3 is 2.48 bits per heavy atom. The van der Waals surface area contributed by atoms with E-state index in [1.807, 2.05) is 36.9 Å². The average molecular weight is 399 g/mol. The highest BCUT2D eigenvalue weighted by molar-refractivity contribution is 6.39. The molecule has 8 heteroatoms. The number of hydrogen-bond acceptors (Lipinski definition) is 5. The zero-order chi connectivity index (χ0) is 21.0. The molecule has 0 radical (unpaired) electrons. The second-order valence-corrected chi connectivity index (χ2v) is 8.00. The number of rotatable bonds is 5. The van der Waals surface area contributed by atoms with Gasteiger partial charge in [-0.05, 0) is 37.8 Å². The van der Waals surface area contributed by atoms with Gasteiger partial charge in [0.15, 0.2) is 0 Å². The molecule has 0 aromatic heterocycles. The van der Waals surface area contributed by atoms with E-state index >= 15 is 0 Å². The highest BCUT2D eigenvalue weighted by Gasteiger charge is 2.32. The highest BCUT2D eigenvalue weighted by Crippen LogP contribution is 2.17. The first-order chi connectivity index (χ1) is 13.8. The molecule has 1 unspecified atom stereocenters. The quantitative estimate of drug-likeness (QED) is 0.784. The number of nitrogens with zero attached hydrogens (tertiary/aromatic N) is 3. The molecule has 1 fully saturated rings. The molecule has 1 atom stereocenters. The lowest BCUT2D eigenvalue weighted by Gasteiger charge is -2.34. The average Bonchev–Trinajstić information content (AvgIpc) is 2.70. The van der Waals surface area contributed by atoms with Crippen molar-refractivity contribution in [3.8, 4) is 0 Å². The van der Waals surface area contributed by atoms with Crippen LogP contribution in [0.3, 0.4) is 0 Å². The van der Waals surface area contributed by atoms with Crippen LogP contribution in [0.5, 0.6) is 0 Å². The summed E-state index contributed by atoms with van der Waals surface area (Å²) in [5, 5.41) is 4.35. The zero-order valence-electron chi connectivity index (χ0n) is 17.2. The van der Waals surface area contributed by atoms with Crippen LogP contribution in [-0.2, 0) is 14.4 Å². The summed E-state index contributed by atoms with van der Waals surface area (Å²) >= 11 is 0. The first-order valence-corrected chi connectivity index (χ1v) is 10.2. The number of piperidine rings is 1. The number of benzene rings is 1. The molecule has 0 spiro atoms. The molecule has 1 aromatic rings. The van der Waals surface area contributed by atoms with E-state index in [0.29, 0.717) is 44.0 Å². The van der Waals surface area contributed by atoms with E-state index in [0.717, 1.165) is 0 Å². The van der Waals surface area contributed by atoms with E-state index in [9.17, 15) is 14.4 Å². The van der Waals surface area contributed by atoms with Gasteiger partial charge in [-0.3, -0.25) is 19.8 Å². The molecular weight excluding hydrogens is 370 g/mol. The maximum absolute atomic E-state index is 12.7. The molecule has 2 aliphatic heterocycles. The molecule has 0 bridgehead atoms. The van der Waals surface area contributed by atoms with Crippen molar-refractivity contribution in [2.75, 3.05) is 18.1 Å². The summed E-state index contributed by atoms with van der Waals surface area (Å²) in [5.74, 6) is 0.0859. The fraction of sp³-hybridized carbons (Fsp3) is 0.524. The Balaban J connectivity index is 1.57. The molecule has 2 aliphatic rings. The number of anilines is 1. The number of likely N-dealkylation sites (tertiary alicyclic amines) is 1. The first kappa shape index (κ1) is 20.8. The second kappa shape index (κ2) is 9.07. The number of para-hydroxylation sites is 1. The van der Waals surface area contributed by atoms with Gasteiger partial charge in [-0.25, -0.2) is 10.0 Å². The largest absolute Gasteiger partial charge is 0.346 e. The van der Waals surface area contributed by atoms with Gasteiger partial charge in [-0.1, -0.05) is 32.0 Å². The van der Waals surface area contributed by atoms with Crippen LogP contribution in [0, 0.1) is 5.92 Å². The molecular formula is C21H29N5O3. The Bertz CT molecular complexity index is 785. The van der Waals surface area contributed by atoms with Gasteiger partial charge in [-0.15, -0.1) is 0 Å². The number of hydrazine groups is 1. The third-order valence-corrected chi connectivity index (χ3v) is 5.11. The lowest BCUT2D eigenvalue weighted by atomic mass is 10.0. The molecule has 29 heavy (non-hydrogen) atoms. The summed E-state index contributed by atoms with van der Waals surface area (Å²) < 4.78 is 0. The summed E-state index contributed by atoms with van der Waals surface area (Å²) in [6.07, 6.45) is 1.97. The van der Waals surface area contributed by atoms with Crippen molar-refractivity contribution < 1.29 is 14.4 Å². The van der Waals surface area contributed by atoms with Crippen molar-refractivity contribution in [1.29, 1.82) is 0 Å². The fourth-order valence-electron chi connectivity index (χ4n) is 3.51. The van der Waals surface area contributed by atoms with Crippen molar-refractivity contribution in [1.82, 2.24) is 15.6 Å². The SMILES string of the molecule is CC(C)CC(=O)N1CCC(NC(=O)C2=NC(C)C(=O)N(c3ccccc3)N2)CC1. The zero-order valence-corrected chi connectivity index (χ0v) is 17.2. The van der Waals surface area contributed by atoms with Gasteiger partial charge in [0.25, 0.3) is 11.8 Å². The summed E-state index contributed by atoms with van der Waals surface area (Å²) in [7, 11) is 0. The molecule has 2 heterocycles. The van der Waals surface area contributed by atoms with Gasteiger partial charge >= 0.3 is 0 Å². The summed E-state index contributed by atoms with van der Waals surface area (Å²) in [5.41, 5.74) is 3.50.